The Kier molecular flexibility index (Phi) is 4.74. The molecule has 0 aliphatic rings. The first kappa shape index (κ1) is 13.8. The van der Waals surface area contributed by atoms with Crippen molar-refractivity contribution in [3.63, 3.8) is 0 Å². The summed E-state index contributed by atoms with van der Waals surface area (Å²) in [5.41, 5.74) is 2.18. The smallest absolute Gasteiger partial charge is 0.413 e. The minimum atomic E-state index is -0.428. The Bertz CT molecular complexity index is 566. The molecule has 0 fully saturated rings. The Balaban J connectivity index is 2.02. The zero-order chi connectivity index (χ0) is 13.7. The first-order chi connectivity index (χ1) is 9.22. The first-order valence-electron chi connectivity index (χ1n) is 6.56. The van der Waals surface area contributed by atoms with Crippen molar-refractivity contribution < 1.29 is 9.53 Å². The molecule has 2 aromatic rings. The number of amides is 1. The predicted molar refractivity (Wildman–Crippen MR) is 78.9 cm³/mol. The highest BCUT2D eigenvalue weighted by Gasteiger charge is 2.08. The Morgan fingerprint density at radius 3 is 3.00 bits per heavy atom. The minimum Gasteiger partial charge on any atom is -0.449 e. The molecule has 0 aliphatic carbocycles. The summed E-state index contributed by atoms with van der Waals surface area (Å²) in [6, 6.07) is 6.16. The minimum absolute atomic E-state index is 0.428. The van der Waals surface area contributed by atoms with Crippen LogP contribution in [0.15, 0.2) is 18.2 Å². The average molecular weight is 278 g/mol. The second-order valence-corrected chi connectivity index (χ2v) is 5.32. The number of benzene rings is 1. The molecule has 0 unspecified atom stereocenters. The molecule has 2 rings (SSSR count). The SMILES string of the molecule is CCCCOC(=O)Nc1nc2ccc(CC)cc2s1. The van der Waals surface area contributed by atoms with Gasteiger partial charge in [-0.05, 0) is 30.5 Å². The van der Waals surface area contributed by atoms with Gasteiger partial charge >= 0.3 is 6.09 Å². The van der Waals surface area contributed by atoms with Crippen LogP contribution in [0.3, 0.4) is 0 Å². The van der Waals surface area contributed by atoms with Crippen molar-refractivity contribution in [3.05, 3.63) is 23.8 Å². The second kappa shape index (κ2) is 6.52. The number of nitrogens with one attached hydrogen (secondary N) is 1. The second-order valence-electron chi connectivity index (χ2n) is 4.29. The number of hydrogen-bond donors (Lipinski definition) is 1. The van der Waals surface area contributed by atoms with Gasteiger partial charge in [0.1, 0.15) is 0 Å². The molecule has 4 nitrogen and oxygen atoms in total. The van der Waals surface area contributed by atoms with Crippen LogP contribution in [0.2, 0.25) is 0 Å². The summed E-state index contributed by atoms with van der Waals surface area (Å²) in [5, 5.41) is 3.26. The lowest BCUT2D eigenvalue weighted by molar-refractivity contribution is 0.160. The molecule has 0 radical (unpaired) electrons. The summed E-state index contributed by atoms with van der Waals surface area (Å²) < 4.78 is 6.13. The Morgan fingerprint density at radius 1 is 1.42 bits per heavy atom. The number of ether oxygens (including phenoxy) is 1. The van der Waals surface area contributed by atoms with Crippen LogP contribution in [0.25, 0.3) is 10.2 Å². The molecule has 0 atom stereocenters. The van der Waals surface area contributed by atoms with Gasteiger partial charge in [-0.2, -0.15) is 0 Å². The number of hydrogen-bond acceptors (Lipinski definition) is 4. The van der Waals surface area contributed by atoms with Crippen LogP contribution < -0.4 is 5.32 Å². The largest absolute Gasteiger partial charge is 0.449 e. The monoisotopic (exact) mass is 278 g/mol. The summed E-state index contributed by atoms with van der Waals surface area (Å²) in [4.78, 5) is 15.9. The number of carbonyl (C=O) groups is 1. The van der Waals surface area contributed by atoms with E-state index < -0.39 is 6.09 Å². The Hall–Kier alpha value is -1.62. The maximum atomic E-state index is 11.5. The lowest BCUT2D eigenvalue weighted by atomic mass is 10.2. The molecule has 1 aromatic heterocycles. The van der Waals surface area contributed by atoms with E-state index in [9.17, 15) is 4.79 Å². The van der Waals surface area contributed by atoms with E-state index >= 15 is 0 Å². The van der Waals surface area contributed by atoms with Gasteiger partial charge in [0, 0.05) is 0 Å². The van der Waals surface area contributed by atoms with Crippen LogP contribution in [0.4, 0.5) is 9.93 Å². The first-order valence-corrected chi connectivity index (χ1v) is 7.37. The molecule has 1 heterocycles. The van der Waals surface area contributed by atoms with Crippen molar-refractivity contribution in [2.24, 2.45) is 0 Å². The lowest BCUT2D eigenvalue weighted by Crippen LogP contribution is -2.13. The molecule has 5 heteroatoms. The van der Waals surface area contributed by atoms with E-state index in [-0.39, 0.29) is 0 Å². The molecule has 0 spiro atoms. The molecule has 1 amide bonds. The molecule has 0 saturated carbocycles. The van der Waals surface area contributed by atoms with Gasteiger partial charge in [-0.1, -0.05) is 37.7 Å². The molecule has 0 saturated heterocycles. The van der Waals surface area contributed by atoms with Crippen molar-refractivity contribution in [1.29, 1.82) is 0 Å². The maximum Gasteiger partial charge on any atom is 0.413 e. The quantitative estimate of drug-likeness (QED) is 0.834. The third kappa shape index (κ3) is 3.67. The number of carbonyl (C=O) groups excluding carboxylic acids is 1. The summed E-state index contributed by atoms with van der Waals surface area (Å²) >= 11 is 1.47. The molecule has 0 bridgehead atoms. The zero-order valence-corrected chi connectivity index (χ0v) is 12.0. The number of thiazole rings is 1. The summed E-state index contributed by atoms with van der Waals surface area (Å²) in [7, 11) is 0. The van der Waals surface area contributed by atoms with E-state index in [1.165, 1.54) is 16.9 Å². The van der Waals surface area contributed by atoms with Gasteiger partial charge in [0.25, 0.3) is 0 Å². The normalized spacial score (nSPS) is 10.6. The highest BCUT2D eigenvalue weighted by Crippen LogP contribution is 2.27. The van der Waals surface area contributed by atoms with Crippen molar-refractivity contribution in [2.75, 3.05) is 11.9 Å². The summed E-state index contributed by atoms with van der Waals surface area (Å²) in [6.07, 6.45) is 2.46. The molecule has 1 aromatic carbocycles. The molecule has 19 heavy (non-hydrogen) atoms. The highest BCUT2D eigenvalue weighted by molar-refractivity contribution is 7.22. The number of rotatable bonds is 5. The molecule has 102 valence electrons. The number of nitrogens with zero attached hydrogens (tertiary/aromatic N) is 1. The Morgan fingerprint density at radius 2 is 2.26 bits per heavy atom. The summed E-state index contributed by atoms with van der Waals surface area (Å²) in [6.45, 7) is 4.62. The average Bonchev–Trinajstić information content (AvgIpc) is 2.79. The van der Waals surface area contributed by atoms with E-state index in [4.69, 9.17) is 4.74 Å². The fourth-order valence-electron chi connectivity index (χ4n) is 1.68. The van der Waals surface area contributed by atoms with Crippen molar-refractivity contribution in [2.45, 2.75) is 33.1 Å². The fraction of sp³-hybridized carbons (Fsp3) is 0.429. The van der Waals surface area contributed by atoms with Gasteiger partial charge in [-0.3, -0.25) is 5.32 Å². The summed E-state index contributed by atoms with van der Waals surface area (Å²) in [5.74, 6) is 0. The zero-order valence-electron chi connectivity index (χ0n) is 11.2. The van der Waals surface area contributed by atoms with E-state index in [0.717, 1.165) is 29.5 Å². The molecular formula is C14H18N2O2S. The number of aromatic nitrogens is 1. The maximum absolute atomic E-state index is 11.5. The van der Waals surface area contributed by atoms with Crippen LogP contribution >= 0.6 is 11.3 Å². The van der Waals surface area contributed by atoms with Crippen LogP contribution in [-0.4, -0.2) is 17.7 Å². The van der Waals surface area contributed by atoms with E-state index in [1.54, 1.807) is 0 Å². The third-order valence-electron chi connectivity index (χ3n) is 2.80. The van der Waals surface area contributed by atoms with Crippen LogP contribution in [0.5, 0.6) is 0 Å². The lowest BCUT2D eigenvalue weighted by Gasteiger charge is -2.02. The number of unbranched alkanes of at least 4 members (excludes halogenated alkanes) is 1. The third-order valence-corrected chi connectivity index (χ3v) is 3.73. The topological polar surface area (TPSA) is 51.2 Å². The standard InChI is InChI=1S/C14H18N2O2S/c1-3-5-8-18-14(17)16-13-15-11-7-6-10(4-2)9-12(11)19-13/h6-7,9H,3-5,8H2,1-2H3,(H,15,16,17). The van der Waals surface area contributed by atoms with Gasteiger partial charge in [0.15, 0.2) is 5.13 Å². The van der Waals surface area contributed by atoms with Gasteiger partial charge in [-0.15, -0.1) is 0 Å². The van der Waals surface area contributed by atoms with E-state index in [2.05, 4.69) is 36.3 Å². The van der Waals surface area contributed by atoms with Crippen LogP contribution in [0, 0.1) is 0 Å². The number of fused-ring (bicyclic) bond motifs is 1. The molecule has 0 aliphatic heterocycles. The van der Waals surface area contributed by atoms with E-state index in [0.29, 0.717) is 11.7 Å². The van der Waals surface area contributed by atoms with Gasteiger partial charge in [-0.25, -0.2) is 9.78 Å². The van der Waals surface area contributed by atoms with Gasteiger partial charge in [0.05, 0.1) is 16.8 Å². The van der Waals surface area contributed by atoms with Crippen LogP contribution in [-0.2, 0) is 11.2 Å². The number of anilines is 1. The van der Waals surface area contributed by atoms with Gasteiger partial charge < -0.3 is 4.74 Å². The van der Waals surface area contributed by atoms with E-state index in [1.807, 2.05) is 6.07 Å². The fourth-order valence-corrected chi connectivity index (χ4v) is 2.59. The molecular weight excluding hydrogens is 260 g/mol. The van der Waals surface area contributed by atoms with Crippen LogP contribution in [0.1, 0.15) is 32.3 Å². The van der Waals surface area contributed by atoms with Crippen molar-refractivity contribution >= 4 is 32.8 Å². The Labute approximate surface area is 116 Å². The predicted octanol–water partition coefficient (Wildman–Crippen LogP) is 4.21. The highest BCUT2D eigenvalue weighted by atomic mass is 32.1. The van der Waals surface area contributed by atoms with Crippen molar-refractivity contribution in [1.82, 2.24) is 4.98 Å². The van der Waals surface area contributed by atoms with Crippen molar-refractivity contribution in [3.8, 4) is 0 Å². The number of aryl methyl sites for hydroxylation is 1. The molecule has 1 N–H and O–H groups in total. The van der Waals surface area contributed by atoms with Gasteiger partial charge in [0.2, 0.25) is 0 Å².